The lowest BCUT2D eigenvalue weighted by Gasteiger charge is -2.29. The average Bonchev–Trinajstić information content (AvgIpc) is 3.27. The van der Waals surface area contributed by atoms with E-state index >= 15 is 0 Å². The summed E-state index contributed by atoms with van der Waals surface area (Å²) in [6, 6.07) is 1.99. The molecule has 4 rings (SSSR count). The molecule has 142 valence electrons. The van der Waals surface area contributed by atoms with E-state index in [1.807, 2.05) is 26.1 Å². The summed E-state index contributed by atoms with van der Waals surface area (Å²) in [5.41, 5.74) is 0.862. The third-order valence-corrected chi connectivity index (χ3v) is 7.74. The van der Waals surface area contributed by atoms with E-state index < -0.39 is 10.2 Å². The summed E-state index contributed by atoms with van der Waals surface area (Å²) in [5, 5.41) is 0.989. The van der Waals surface area contributed by atoms with Gasteiger partial charge in [-0.25, -0.2) is 9.97 Å². The standard InChI is InChI=1S/C17H26N6O2S/c1-3-22(4-2)26(24,25)23-10-9-21(11-17(12-23)6-7-17)16-14-5-8-18-15(14)19-13-20-16/h5,8,13H,3-4,6-7,9-12H2,1-2H3,(H,18,19,20). The number of fused-ring (bicyclic) bond motifs is 1. The number of nitrogens with zero attached hydrogens (tertiary/aromatic N) is 5. The maximum atomic E-state index is 13.0. The molecule has 2 aromatic rings. The number of aromatic amines is 1. The van der Waals surface area contributed by atoms with Crippen molar-refractivity contribution < 1.29 is 8.42 Å². The molecule has 2 aliphatic rings. The maximum Gasteiger partial charge on any atom is 0.282 e. The Kier molecular flexibility index (Phi) is 4.40. The fraction of sp³-hybridized carbons (Fsp3) is 0.647. The van der Waals surface area contributed by atoms with Gasteiger partial charge in [0.25, 0.3) is 10.2 Å². The van der Waals surface area contributed by atoms with E-state index in [-0.39, 0.29) is 5.41 Å². The van der Waals surface area contributed by atoms with Gasteiger partial charge >= 0.3 is 0 Å². The highest BCUT2D eigenvalue weighted by Crippen LogP contribution is 2.49. The summed E-state index contributed by atoms with van der Waals surface area (Å²) >= 11 is 0. The lowest BCUT2D eigenvalue weighted by molar-refractivity contribution is 0.324. The first-order chi connectivity index (χ1) is 12.5. The molecule has 1 spiro atoms. The molecular weight excluding hydrogens is 352 g/mol. The van der Waals surface area contributed by atoms with Gasteiger partial charge in [-0.1, -0.05) is 13.8 Å². The van der Waals surface area contributed by atoms with Crippen molar-refractivity contribution in [2.24, 2.45) is 5.41 Å². The van der Waals surface area contributed by atoms with E-state index in [9.17, 15) is 8.42 Å². The average molecular weight is 379 g/mol. The summed E-state index contributed by atoms with van der Waals surface area (Å²) in [6.45, 7) is 7.35. The van der Waals surface area contributed by atoms with Crippen molar-refractivity contribution >= 4 is 27.1 Å². The SMILES string of the molecule is CCN(CC)S(=O)(=O)N1CCN(c2ncnc3[nH]ccc23)CC2(CC2)C1. The molecule has 2 fully saturated rings. The zero-order valence-corrected chi connectivity index (χ0v) is 16.2. The minimum absolute atomic E-state index is 0.0459. The fourth-order valence-corrected chi connectivity index (χ4v) is 5.64. The third-order valence-electron chi connectivity index (χ3n) is 5.60. The van der Waals surface area contributed by atoms with Crippen molar-refractivity contribution in [2.75, 3.05) is 44.2 Å². The van der Waals surface area contributed by atoms with Gasteiger partial charge in [-0.05, 0) is 18.9 Å². The van der Waals surface area contributed by atoms with Gasteiger partial charge in [-0.2, -0.15) is 17.0 Å². The van der Waals surface area contributed by atoms with Crippen LogP contribution in [0.2, 0.25) is 0 Å². The topological polar surface area (TPSA) is 85.4 Å². The Labute approximate surface area is 154 Å². The van der Waals surface area contributed by atoms with Gasteiger partial charge in [-0.3, -0.25) is 0 Å². The predicted octanol–water partition coefficient (Wildman–Crippen LogP) is 1.45. The molecule has 2 aromatic heterocycles. The molecule has 1 aliphatic heterocycles. The first-order valence-corrected chi connectivity index (χ1v) is 10.7. The Hall–Kier alpha value is -1.71. The number of anilines is 1. The van der Waals surface area contributed by atoms with Gasteiger partial charge in [0, 0.05) is 50.9 Å². The molecule has 1 saturated heterocycles. The Bertz CT molecular complexity index is 888. The van der Waals surface area contributed by atoms with Crippen LogP contribution in [-0.2, 0) is 10.2 Å². The largest absolute Gasteiger partial charge is 0.354 e. The second kappa shape index (κ2) is 6.47. The van der Waals surface area contributed by atoms with Crippen molar-refractivity contribution in [2.45, 2.75) is 26.7 Å². The Morgan fingerprint density at radius 3 is 2.65 bits per heavy atom. The van der Waals surface area contributed by atoms with Crippen LogP contribution >= 0.6 is 0 Å². The zero-order valence-electron chi connectivity index (χ0n) is 15.3. The highest BCUT2D eigenvalue weighted by molar-refractivity contribution is 7.86. The first-order valence-electron chi connectivity index (χ1n) is 9.27. The Morgan fingerprint density at radius 2 is 1.96 bits per heavy atom. The molecule has 1 aliphatic carbocycles. The molecule has 9 heteroatoms. The molecule has 0 bridgehead atoms. The van der Waals surface area contributed by atoms with E-state index in [2.05, 4.69) is 19.9 Å². The van der Waals surface area contributed by atoms with E-state index in [0.29, 0.717) is 32.7 Å². The van der Waals surface area contributed by atoms with Gasteiger partial charge in [0.05, 0.1) is 5.39 Å². The van der Waals surface area contributed by atoms with E-state index in [1.54, 1.807) is 14.9 Å². The second-order valence-corrected chi connectivity index (χ2v) is 9.21. The van der Waals surface area contributed by atoms with Gasteiger partial charge in [0.15, 0.2) is 0 Å². The van der Waals surface area contributed by atoms with Crippen LogP contribution in [0.1, 0.15) is 26.7 Å². The van der Waals surface area contributed by atoms with Crippen molar-refractivity contribution in [1.82, 2.24) is 23.6 Å². The maximum absolute atomic E-state index is 13.0. The van der Waals surface area contributed by atoms with Gasteiger partial charge < -0.3 is 9.88 Å². The van der Waals surface area contributed by atoms with Crippen molar-refractivity contribution in [3.8, 4) is 0 Å². The molecule has 0 atom stereocenters. The number of nitrogens with one attached hydrogen (secondary N) is 1. The monoisotopic (exact) mass is 378 g/mol. The lowest BCUT2D eigenvalue weighted by atomic mass is 10.1. The van der Waals surface area contributed by atoms with Crippen LogP contribution in [0.3, 0.4) is 0 Å². The van der Waals surface area contributed by atoms with Crippen LogP contribution in [0, 0.1) is 5.41 Å². The number of aromatic nitrogens is 3. The summed E-state index contributed by atoms with van der Waals surface area (Å²) < 4.78 is 29.3. The quantitative estimate of drug-likeness (QED) is 0.851. The Morgan fingerprint density at radius 1 is 1.19 bits per heavy atom. The number of hydrogen-bond acceptors (Lipinski definition) is 5. The van der Waals surface area contributed by atoms with Crippen molar-refractivity contribution in [1.29, 1.82) is 0 Å². The zero-order chi connectivity index (χ0) is 18.4. The van der Waals surface area contributed by atoms with Crippen LogP contribution in [-0.4, -0.2) is 71.2 Å². The Balaban J connectivity index is 1.64. The predicted molar refractivity (Wildman–Crippen MR) is 101 cm³/mol. The molecule has 8 nitrogen and oxygen atoms in total. The van der Waals surface area contributed by atoms with Crippen LogP contribution in [0.4, 0.5) is 5.82 Å². The van der Waals surface area contributed by atoms with Crippen molar-refractivity contribution in [3.63, 3.8) is 0 Å². The van der Waals surface area contributed by atoms with Gasteiger partial charge in [-0.15, -0.1) is 0 Å². The van der Waals surface area contributed by atoms with E-state index in [4.69, 9.17) is 0 Å². The third kappa shape index (κ3) is 2.97. The number of H-pyrrole nitrogens is 1. The number of rotatable bonds is 5. The first kappa shape index (κ1) is 17.7. The molecule has 26 heavy (non-hydrogen) atoms. The fourth-order valence-electron chi connectivity index (χ4n) is 3.91. The van der Waals surface area contributed by atoms with Gasteiger partial charge in [0.2, 0.25) is 0 Å². The second-order valence-electron chi connectivity index (χ2n) is 7.28. The molecule has 1 N–H and O–H groups in total. The summed E-state index contributed by atoms with van der Waals surface area (Å²) in [7, 11) is -3.41. The summed E-state index contributed by atoms with van der Waals surface area (Å²) in [5.74, 6) is 0.893. The molecule has 0 aromatic carbocycles. The number of hydrogen-bond donors (Lipinski definition) is 1. The van der Waals surface area contributed by atoms with Crippen LogP contribution in [0.5, 0.6) is 0 Å². The van der Waals surface area contributed by atoms with Crippen LogP contribution in [0.25, 0.3) is 11.0 Å². The normalized spacial score (nSPS) is 20.8. The molecular formula is C17H26N6O2S. The molecule has 0 unspecified atom stereocenters. The molecule has 1 saturated carbocycles. The molecule has 0 radical (unpaired) electrons. The lowest BCUT2D eigenvalue weighted by Crippen LogP contribution is -2.46. The van der Waals surface area contributed by atoms with Gasteiger partial charge in [0.1, 0.15) is 17.8 Å². The smallest absolute Gasteiger partial charge is 0.282 e. The summed E-state index contributed by atoms with van der Waals surface area (Å²) in [4.78, 5) is 14.1. The van der Waals surface area contributed by atoms with E-state index in [1.165, 1.54) is 0 Å². The molecule has 0 amide bonds. The summed E-state index contributed by atoms with van der Waals surface area (Å²) in [6.07, 6.45) is 5.57. The molecule has 3 heterocycles. The van der Waals surface area contributed by atoms with Crippen LogP contribution in [0.15, 0.2) is 18.6 Å². The highest BCUT2D eigenvalue weighted by Gasteiger charge is 2.49. The minimum atomic E-state index is -3.41. The minimum Gasteiger partial charge on any atom is -0.354 e. The van der Waals surface area contributed by atoms with Crippen molar-refractivity contribution in [3.05, 3.63) is 18.6 Å². The van der Waals surface area contributed by atoms with E-state index in [0.717, 1.165) is 36.2 Å². The highest BCUT2D eigenvalue weighted by atomic mass is 32.2. The van der Waals surface area contributed by atoms with Crippen LogP contribution < -0.4 is 4.90 Å².